The maximum atomic E-state index is 13.0. The van der Waals surface area contributed by atoms with Crippen molar-refractivity contribution in [2.24, 2.45) is 0 Å². The molecule has 2 N–H and O–H groups in total. The predicted molar refractivity (Wildman–Crippen MR) is 89.1 cm³/mol. The molecule has 126 valence electrons. The van der Waals surface area contributed by atoms with Gasteiger partial charge in [-0.1, -0.05) is 12.1 Å². The van der Waals surface area contributed by atoms with Gasteiger partial charge in [0.05, 0.1) is 4.92 Å². The van der Waals surface area contributed by atoms with Crippen LogP contribution in [-0.4, -0.2) is 17.4 Å². The lowest BCUT2D eigenvalue weighted by Gasteiger charge is -2.07. The zero-order chi connectivity index (χ0) is 17.4. The zero-order valence-electron chi connectivity index (χ0n) is 13.0. The zero-order valence-corrected chi connectivity index (χ0v) is 13.0. The van der Waals surface area contributed by atoms with Crippen LogP contribution in [0.3, 0.4) is 0 Å². The maximum absolute atomic E-state index is 13.0. The van der Waals surface area contributed by atoms with E-state index in [1.807, 2.05) is 0 Å². The Morgan fingerprint density at radius 3 is 2.58 bits per heavy atom. The quantitative estimate of drug-likeness (QED) is 0.442. The van der Waals surface area contributed by atoms with Crippen LogP contribution in [0.2, 0.25) is 0 Å². The highest BCUT2D eigenvalue weighted by Crippen LogP contribution is 2.15. The fraction of sp³-hybridized carbons (Fsp3) is 0.235. The summed E-state index contributed by atoms with van der Waals surface area (Å²) in [6.07, 6.45) is 0.960. The highest BCUT2D eigenvalue weighted by atomic mass is 19.1. The van der Waals surface area contributed by atoms with Crippen molar-refractivity contribution in [2.45, 2.75) is 19.4 Å². The molecule has 0 unspecified atom stereocenters. The summed E-state index contributed by atoms with van der Waals surface area (Å²) in [7, 11) is 0. The molecule has 0 aliphatic rings. The van der Waals surface area contributed by atoms with E-state index in [4.69, 9.17) is 0 Å². The average Bonchev–Trinajstić information content (AvgIpc) is 2.57. The molecule has 0 spiro atoms. The summed E-state index contributed by atoms with van der Waals surface area (Å²) in [5.41, 5.74) is 1.52. The first-order valence-corrected chi connectivity index (χ1v) is 7.54. The Kier molecular flexibility index (Phi) is 6.24. The normalized spacial score (nSPS) is 10.2. The summed E-state index contributed by atoms with van der Waals surface area (Å²) in [6, 6.07) is 12.2. The molecule has 0 radical (unpaired) electrons. The Morgan fingerprint density at radius 2 is 1.92 bits per heavy atom. The molecule has 2 aromatic carbocycles. The van der Waals surface area contributed by atoms with E-state index in [1.165, 1.54) is 24.3 Å². The first-order valence-electron chi connectivity index (χ1n) is 7.54. The van der Waals surface area contributed by atoms with Gasteiger partial charge in [-0.2, -0.15) is 0 Å². The summed E-state index contributed by atoms with van der Waals surface area (Å²) in [6.45, 7) is 0.873. The van der Waals surface area contributed by atoms with Gasteiger partial charge < -0.3 is 10.6 Å². The molecule has 0 saturated carbocycles. The van der Waals surface area contributed by atoms with E-state index in [0.717, 1.165) is 5.69 Å². The van der Waals surface area contributed by atoms with Crippen LogP contribution < -0.4 is 10.6 Å². The highest BCUT2D eigenvalue weighted by Gasteiger charge is 2.04. The minimum absolute atomic E-state index is 0.0391. The first kappa shape index (κ1) is 17.4. The largest absolute Gasteiger partial charge is 0.385 e. The topological polar surface area (TPSA) is 84.3 Å². The van der Waals surface area contributed by atoms with Crippen molar-refractivity contribution in [3.05, 3.63) is 70.0 Å². The number of nitro benzene ring substituents is 1. The van der Waals surface area contributed by atoms with Crippen LogP contribution in [0, 0.1) is 15.9 Å². The molecule has 0 bridgehead atoms. The van der Waals surface area contributed by atoms with Gasteiger partial charge in [-0.05, 0) is 36.2 Å². The number of rotatable bonds is 8. The van der Waals surface area contributed by atoms with Crippen LogP contribution in [0.15, 0.2) is 48.5 Å². The first-order chi connectivity index (χ1) is 11.5. The summed E-state index contributed by atoms with van der Waals surface area (Å²) in [5, 5.41) is 16.4. The second-order valence-electron chi connectivity index (χ2n) is 5.24. The summed E-state index contributed by atoms with van der Waals surface area (Å²) < 4.78 is 13.0. The van der Waals surface area contributed by atoms with Crippen molar-refractivity contribution < 1.29 is 14.1 Å². The molecule has 0 aliphatic carbocycles. The van der Waals surface area contributed by atoms with Gasteiger partial charge in [0.1, 0.15) is 5.82 Å². The van der Waals surface area contributed by atoms with Crippen molar-refractivity contribution in [1.29, 1.82) is 0 Å². The van der Waals surface area contributed by atoms with E-state index in [9.17, 15) is 19.3 Å². The molecule has 0 fully saturated rings. The van der Waals surface area contributed by atoms with Gasteiger partial charge in [-0.3, -0.25) is 14.9 Å². The summed E-state index contributed by atoms with van der Waals surface area (Å²) in [4.78, 5) is 21.8. The third kappa shape index (κ3) is 5.68. The molecule has 0 heterocycles. The molecule has 1 amide bonds. The minimum Gasteiger partial charge on any atom is -0.385 e. The third-order valence-electron chi connectivity index (χ3n) is 3.37. The van der Waals surface area contributed by atoms with E-state index < -0.39 is 4.92 Å². The standard InChI is InChI=1S/C17H18FN3O3/c18-14-4-1-3-13(11-14)12-20-17(22)5-2-10-19-15-6-8-16(9-7-15)21(23)24/h1,3-4,6-9,11,19H,2,5,10,12H2,(H,20,22). The van der Waals surface area contributed by atoms with Gasteiger partial charge in [0, 0.05) is 37.3 Å². The third-order valence-corrected chi connectivity index (χ3v) is 3.37. The number of non-ortho nitro benzene ring substituents is 1. The average molecular weight is 331 g/mol. The lowest BCUT2D eigenvalue weighted by Crippen LogP contribution is -2.23. The number of carbonyl (C=O) groups excluding carboxylic acids is 1. The van der Waals surface area contributed by atoms with E-state index in [1.54, 1.807) is 24.3 Å². The Labute approximate surface area is 138 Å². The molecule has 0 aliphatic heterocycles. The molecule has 7 heteroatoms. The van der Waals surface area contributed by atoms with E-state index >= 15 is 0 Å². The molecule has 6 nitrogen and oxygen atoms in total. The SMILES string of the molecule is O=C(CCCNc1ccc([N+](=O)[O-])cc1)NCc1cccc(F)c1. The monoisotopic (exact) mass is 331 g/mol. The molecular formula is C17H18FN3O3. The Bertz CT molecular complexity index is 704. The van der Waals surface area contributed by atoms with Gasteiger partial charge in [0.15, 0.2) is 0 Å². The number of hydrogen-bond acceptors (Lipinski definition) is 4. The van der Waals surface area contributed by atoms with Crippen molar-refractivity contribution >= 4 is 17.3 Å². The lowest BCUT2D eigenvalue weighted by molar-refractivity contribution is -0.384. The minimum atomic E-state index is -0.452. The number of hydrogen-bond donors (Lipinski definition) is 2. The van der Waals surface area contributed by atoms with E-state index in [2.05, 4.69) is 10.6 Å². The number of nitrogens with zero attached hydrogens (tertiary/aromatic N) is 1. The van der Waals surface area contributed by atoms with Crippen LogP contribution in [0.25, 0.3) is 0 Å². The number of anilines is 1. The smallest absolute Gasteiger partial charge is 0.269 e. The molecular weight excluding hydrogens is 313 g/mol. The van der Waals surface area contributed by atoms with Gasteiger partial charge in [0.2, 0.25) is 5.91 Å². The van der Waals surface area contributed by atoms with Crippen molar-refractivity contribution in [3.8, 4) is 0 Å². The number of nitrogens with one attached hydrogen (secondary N) is 2. The molecule has 0 aromatic heterocycles. The Morgan fingerprint density at radius 1 is 1.17 bits per heavy atom. The molecule has 2 rings (SSSR count). The number of benzene rings is 2. The summed E-state index contributed by atoms with van der Waals surface area (Å²) in [5.74, 6) is -0.432. The summed E-state index contributed by atoms with van der Waals surface area (Å²) >= 11 is 0. The number of nitro groups is 1. The van der Waals surface area contributed by atoms with Gasteiger partial charge in [0.25, 0.3) is 5.69 Å². The van der Waals surface area contributed by atoms with Crippen molar-refractivity contribution in [1.82, 2.24) is 5.32 Å². The van der Waals surface area contributed by atoms with Crippen LogP contribution in [0.4, 0.5) is 15.8 Å². The molecule has 0 atom stereocenters. The molecule has 2 aromatic rings. The highest BCUT2D eigenvalue weighted by molar-refractivity contribution is 5.75. The van der Waals surface area contributed by atoms with Crippen molar-refractivity contribution in [2.75, 3.05) is 11.9 Å². The lowest BCUT2D eigenvalue weighted by atomic mass is 10.2. The van der Waals surface area contributed by atoms with Crippen molar-refractivity contribution in [3.63, 3.8) is 0 Å². The number of carbonyl (C=O) groups is 1. The maximum Gasteiger partial charge on any atom is 0.269 e. The fourth-order valence-corrected chi connectivity index (χ4v) is 2.12. The second kappa shape index (κ2) is 8.61. The fourth-order valence-electron chi connectivity index (χ4n) is 2.12. The second-order valence-corrected chi connectivity index (χ2v) is 5.24. The van der Waals surface area contributed by atoms with Gasteiger partial charge in [-0.15, -0.1) is 0 Å². The predicted octanol–water partition coefficient (Wildman–Crippen LogP) is 3.24. The van der Waals surface area contributed by atoms with Gasteiger partial charge >= 0.3 is 0 Å². The number of halogens is 1. The molecule has 24 heavy (non-hydrogen) atoms. The van der Waals surface area contributed by atoms with Crippen LogP contribution in [0.1, 0.15) is 18.4 Å². The van der Waals surface area contributed by atoms with Gasteiger partial charge in [-0.25, -0.2) is 4.39 Å². The Hall–Kier alpha value is -2.96. The Balaban J connectivity index is 1.64. The molecule has 0 saturated heterocycles. The van der Waals surface area contributed by atoms with Crippen LogP contribution in [-0.2, 0) is 11.3 Å². The van der Waals surface area contributed by atoms with E-state index in [-0.39, 0.29) is 17.4 Å². The van der Waals surface area contributed by atoms with E-state index in [0.29, 0.717) is 31.5 Å². The number of amides is 1. The van der Waals surface area contributed by atoms with Crippen LogP contribution >= 0.6 is 0 Å². The van der Waals surface area contributed by atoms with Crippen LogP contribution in [0.5, 0.6) is 0 Å².